The van der Waals surface area contributed by atoms with Crippen molar-refractivity contribution in [3.05, 3.63) is 246 Å². The fraction of sp³-hybridized carbons (Fsp3) is 0.0526. The number of rotatable bonds is 6. The van der Waals surface area contributed by atoms with Crippen molar-refractivity contribution in [2.24, 2.45) is 0 Å². The molecule has 0 amide bonds. The van der Waals surface area contributed by atoms with E-state index in [1.807, 2.05) is 0 Å². The summed E-state index contributed by atoms with van der Waals surface area (Å²) in [4.78, 5) is 0. The monoisotopic (exact) mass is 737 g/mol. The minimum absolute atomic E-state index is 0.225. The number of hydrogen-bond donors (Lipinski definition) is 0. The van der Waals surface area contributed by atoms with E-state index in [9.17, 15) is 0 Å². The molecule has 2 aliphatic carbocycles. The molecule has 58 heavy (non-hydrogen) atoms. The van der Waals surface area contributed by atoms with Gasteiger partial charge in [-0.3, -0.25) is 0 Å². The van der Waals surface area contributed by atoms with Crippen molar-refractivity contribution in [2.45, 2.75) is 18.3 Å². The van der Waals surface area contributed by atoms with Crippen molar-refractivity contribution in [2.75, 3.05) is 0 Å². The molecule has 1 heteroatoms. The molecule has 272 valence electrons. The SMILES string of the molecule is c1ccc(-c2ccc3c(c2)-c2ccccc2C3c2ccc(-c3ccc(CC4c5ccccc5-c5cc(-n6c7ccccc7c7ccccc76)ccc54)cc3)cc2)cc1. The van der Waals surface area contributed by atoms with Crippen LogP contribution >= 0.6 is 0 Å². The summed E-state index contributed by atoms with van der Waals surface area (Å²) < 4.78 is 2.43. The Bertz CT molecular complexity index is 3130. The third-order valence-electron chi connectivity index (χ3n) is 12.9. The van der Waals surface area contributed by atoms with Gasteiger partial charge < -0.3 is 4.57 Å². The van der Waals surface area contributed by atoms with Crippen LogP contribution in [0.4, 0.5) is 0 Å². The van der Waals surface area contributed by atoms with Gasteiger partial charge in [0, 0.05) is 28.3 Å². The first kappa shape index (κ1) is 33.0. The van der Waals surface area contributed by atoms with Crippen LogP contribution in [-0.2, 0) is 6.42 Å². The maximum absolute atomic E-state index is 2.43. The summed E-state index contributed by atoms with van der Waals surface area (Å²) in [6, 6.07) is 78.9. The number of nitrogens with zero attached hydrogens (tertiary/aromatic N) is 1. The number of para-hydroxylation sites is 2. The van der Waals surface area contributed by atoms with Gasteiger partial charge >= 0.3 is 0 Å². The lowest BCUT2D eigenvalue weighted by Crippen LogP contribution is -2.02. The Hall–Kier alpha value is -7.22. The second-order valence-electron chi connectivity index (χ2n) is 16.0. The molecule has 12 rings (SSSR count). The van der Waals surface area contributed by atoms with Gasteiger partial charge in [-0.25, -0.2) is 0 Å². The van der Waals surface area contributed by atoms with Crippen LogP contribution in [0.2, 0.25) is 0 Å². The summed E-state index contributed by atoms with van der Waals surface area (Å²) >= 11 is 0. The van der Waals surface area contributed by atoms with Crippen molar-refractivity contribution in [3.8, 4) is 50.2 Å². The van der Waals surface area contributed by atoms with Gasteiger partial charge in [-0.15, -0.1) is 0 Å². The first-order valence-electron chi connectivity index (χ1n) is 20.5. The summed E-state index contributed by atoms with van der Waals surface area (Å²) in [6.45, 7) is 0. The normalized spacial score (nSPS) is 15.0. The predicted octanol–water partition coefficient (Wildman–Crippen LogP) is 14.6. The van der Waals surface area contributed by atoms with E-state index in [2.05, 4.69) is 217 Å². The molecule has 0 spiro atoms. The molecule has 0 saturated carbocycles. The average molecular weight is 738 g/mol. The summed E-state index contributed by atoms with van der Waals surface area (Å²) in [5, 5.41) is 2.58. The molecule has 0 radical (unpaired) electrons. The Morgan fingerprint density at radius 2 is 0.845 bits per heavy atom. The maximum Gasteiger partial charge on any atom is 0.0541 e. The second kappa shape index (κ2) is 13.2. The van der Waals surface area contributed by atoms with E-state index in [1.165, 1.54) is 105 Å². The third-order valence-corrected chi connectivity index (χ3v) is 12.9. The van der Waals surface area contributed by atoms with Crippen molar-refractivity contribution in [1.82, 2.24) is 4.57 Å². The molecule has 0 N–H and O–H groups in total. The highest BCUT2D eigenvalue weighted by molar-refractivity contribution is 6.09. The van der Waals surface area contributed by atoms with Gasteiger partial charge in [0.15, 0.2) is 0 Å². The van der Waals surface area contributed by atoms with Crippen molar-refractivity contribution in [1.29, 1.82) is 0 Å². The van der Waals surface area contributed by atoms with E-state index in [-0.39, 0.29) is 5.92 Å². The summed E-state index contributed by atoms with van der Waals surface area (Å²) in [5.41, 5.74) is 22.4. The summed E-state index contributed by atoms with van der Waals surface area (Å²) in [7, 11) is 0. The molecule has 1 nitrogen and oxygen atoms in total. The topological polar surface area (TPSA) is 4.93 Å². The van der Waals surface area contributed by atoms with Crippen LogP contribution in [0.5, 0.6) is 0 Å². The van der Waals surface area contributed by atoms with Gasteiger partial charge in [-0.1, -0.05) is 182 Å². The van der Waals surface area contributed by atoms with E-state index >= 15 is 0 Å². The van der Waals surface area contributed by atoms with Gasteiger partial charge in [-0.2, -0.15) is 0 Å². The minimum atomic E-state index is 0.225. The fourth-order valence-corrected chi connectivity index (χ4v) is 10.2. The van der Waals surface area contributed by atoms with Crippen LogP contribution < -0.4 is 0 Å². The van der Waals surface area contributed by atoms with Crippen LogP contribution in [0.15, 0.2) is 212 Å². The van der Waals surface area contributed by atoms with Crippen molar-refractivity contribution >= 4 is 21.8 Å². The van der Waals surface area contributed by atoms with Gasteiger partial charge in [0.25, 0.3) is 0 Å². The molecule has 2 atom stereocenters. The molecule has 0 saturated heterocycles. The van der Waals surface area contributed by atoms with Gasteiger partial charge in [0.2, 0.25) is 0 Å². The first-order chi connectivity index (χ1) is 28.8. The van der Waals surface area contributed by atoms with Crippen molar-refractivity contribution in [3.63, 3.8) is 0 Å². The quantitative estimate of drug-likeness (QED) is 0.160. The second-order valence-corrected chi connectivity index (χ2v) is 16.0. The molecular weight excluding hydrogens is 699 g/mol. The highest BCUT2D eigenvalue weighted by atomic mass is 15.0. The van der Waals surface area contributed by atoms with Gasteiger partial charge in [0.05, 0.1) is 11.0 Å². The predicted molar refractivity (Wildman–Crippen MR) is 242 cm³/mol. The van der Waals surface area contributed by atoms with E-state index < -0.39 is 0 Å². The zero-order chi connectivity index (χ0) is 38.2. The minimum Gasteiger partial charge on any atom is -0.309 e. The summed E-state index contributed by atoms with van der Waals surface area (Å²) in [5.74, 6) is 0.534. The Labute approximate surface area is 339 Å². The standard InChI is InChI=1S/C57H39N/c1-2-12-38(13-3-1)42-30-32-51-53(35-42)46-16-6-7-19-50(46)57(51)41-28-26-40(27-29-41)39-24-22-37(23-25-39)34-52-44-14-4-5-15-45(44)54-36-43(31-33-47(52)54)58-55-20-10-8-17-48(55)49-18-9-11-21-56(49)58/h1-33,35-36,52,57H,34H2. The Morgan fingerprint density at radius 1 is 0.345 bits per heavy atom. The largest absolute Gasteiger partial charge is 0.309 e. The van der Waals surface area contributed by atoms with Crippen LogP contribution in [-0.4, -0.2) is 4.57 Å². The lowest BCUT2D eigenvalue weighted by molar-refractivity contribution is 0.827. The van der Waals surface area contributed by atoms with Gasteiger partial charge in [0.1, 0.15) is 0 Å². The number of aromatic nitrogens is 1. The van der Waals surface area contributed by atoms with Crippen LogP contribution in [0, 0.1) is 0 Å². The Morgan fingerprint density at radius 3 is 1.57 bits per heavy atom. The van der Waals surface area contributed by atoms with E-state index in [0.717, 1.165) is 6.42 Å². The lowest BCUT2D eigenvalue weighted by Gasteiger charge is -2.16. The molecule has 9 aromatic carbocycles. The van der Waals surface area contributed by atoms with Crippen LogP contribution in [0.1, 0.15) is 45.2 Å². The highest BCUT2D eigenvalue weighted by Crippen LogP contribution is 2.50. The molecule has 2 unspecified atom stereocenters. The molecule has 0 bridgehead atoms. The van der Waals surface area contributed by atoms with E-state index in [1.54, 1.807) is 0 Å². The molecule has 0 aliphatic heterocycles. The van der Waals surface area contributed by atoms with E-state index in [4.69, 9.17) is 0 Å². The third kappa shape index (κ3) is 5.17. The Kier molecular flexibility index (Phi) is 7.50. The highest BCUT2D eigenvalue weighted by Gasteiger charge is 2.31. The number of hydrogen-bond acceptors (Lipinski definition) is 0. The molecule has 2 aliphatic rings. The number of benzene rings is 9. The zero-order valence-electron chi connectivity index (χ0n) is 32.0. The maximum atomic E-state index is 2.43. The van der Waals surface area contributed by atoms with Crippen LogP contribution in [0.3, 0.4) is 0 Å². The summed E-state index contributed by atoms with van der Waals surface area (Å²) in [6.07, 6.45) is 0.963. The lowest BCUT2D eigenvalue weighted by atomic mass is 9.87. The molecule has 0 fully saturated rings. The zero-order valence-corrected chi connectivity index (χ0v) is 32.0. The average Bonchev–Trinajstić information content (AvgIpc) is 3.92. The van der Waals surface area contributed by atoms with E-state index in [0.29, 0.717) is 5.92 Å². The van der Waals surface area contributed by atoms with Gasteiger partial charge in [-0.05, 0) is 115 Å². The smallest absolute Gasteiger partial charge is 0.0541 e. The first-order valence-corrected chi connectivity index (χ1v) is 20.5. The van der Waals surface area contributed by atoms with Crippen molar-refractivity contribution < 1.29 is 0 Å². The molecular formula is C57H39N. The molecule has 10 aromatic rings. The van der Waals surface area contributed by atoms with Crippen LogP contribution in [0.25, 0.3) is 72.0 Å². The fourth-order valence-electron chi connectivity index (χ4n) is 10.2. The number of fused-ring (bicyclic) bond motifs is 9. The Balaban J connectivity index is 0.831. The molecule has 1 aromatic heterocycles. The molecule has 1 heterocycles.